The van der Waals surface area contributed by atoms with Gasteiger partial charge >= 0.3 is 19.8 Å². The molecule has 0 heterocycles. The van der Waals surface area contributed by atoms with Crippen molar-refractivity contribution in [2.75, 3.05) is 0 Å². The standard InChI is InChI=1S/Er.Eu.Fe.Ga.3H. The van der Waals surface area contributed by atoms with Crippen LogP contribution in [0.15, 0.2) is 0 Å². The molecule has 0 amide bonds. The van der Waals surface area contributed by atoms with Crippen molar-refractivity contribution in [3.63, 3.8) is 0 Å². The molecule has 0 unspecified atom stereocenters. The number of hydrogen-bond donors (Lipinski definition) is 0. The van der Waals surface area contributed by atoms with E-state index in [0.717, 1.165) is 0 Å². The molecule has 0 N–H and O–H groups in total. The molecule has 0 aliphatic carbocycles. The minimum absolute atomic E-state index is 0. The summed E-state index contributed by atoms with van der Waals surface area (Å²) in [6, 6.07) is 0. The van der Waals surface area contributed by atoms with Gasteiger partial charge in [0.25, 0.3) is 0 Å². The monoisotopic (exact) mass is 447 g/mol. The average Bonchev–Trinajstić information content (AvgIpc) is 0. The first-order chi connectivity index (χ1) is 0. The van der Waals surface area contributed by atoms with Crippen LogP contribution < -0.4 is 0 Å². The summed E-state index contributed by atoms with van der Waals surface area (Å²) in [5, 5.41) is 0. The van der Waals surface area contributed by atoms with Crippen LogP contribution in [-0.2, 0) is 17.1 Å². The molecule has 0 nitrogen and oxygen atoms in total. The molecule has 1 radical (unpaired) electrons. The summed E-state index contributed by atoms with van der Waals surface area (Å²) in [4.78, 5) is 0. The Morgan fingerprint density at radius 3 is 1.00 bits per heavy atom. The fourth-order valence-electron chi connectivity index (χ4n) is 0. The second-order valence-corrected chi connectivity index (χ2v) is 0. The Morgan fingerprint density at radius 1 is 1.00 bits per heavy atom. The number of rotatable bonds is 0. The molecule has 0 fully saturated rings. The number of hydrogen-bond acceptors (Lipinski definition) is 0. The molecule has 0 aromatic heterocycles. The first-order valence-electron chi connectivity index (χ1n) is 0. The van der Waals surface area contributed by atoms with Crippen LogP contribution in [0, 0.1) is 86.7 Å². The summed E-state index contributed by atoms with van der Waals surface area (Å²) >= 11 is 0. The summed E-state index contributed by atoms with van der Waals surface area (Å²) in [7, 11) is 0. The quantitative estimate of drug-likeness (QED) is 0.410. The predicted octanol–water partition coefficient (Wildman–Crippen LogP) is -1.19. The van der Waals surface area contributed by atoms with Crippen molar-refractivity contribution in [3.8, 4) is 0 Å². The van der Waals surface area contributed by atoms with Gasteiger partial charge in [-0.1, -0.05) is 0 Å². The molecule has 0 aliphatic rings. The Kier molecular flexibility index (Phi) is 96.6. The van der Waals surface area contributed by atoms with E-state index in [2.05, 4.69) is 0 Å². The normalized spacial score (nSPS) is 0. The van der Waals surface area contributed by atoms with Crippen molar-refractivity contribution < 1.29 is 104 Å². The summed E-state index contributed by atoms with van der Waals surface area (Å²) in [6.45, 7) is 0. The van der Waals surface area contributed by atoms with Gasteiger partial charge in [-0.25, -0.2) is 0 Å². The Hall–Kier alpha value is 3.99. The molecule has 0 aromatic rings. The van der Waals surface area contributed by atoms with Crippen molar-refractivity contribution in [2.24, 2.45) is 0 Å². The molecule has 0 saturated heterocycles. The molecule has 0 spiro atoms. The van der Waals surface area contributed by atoms with E-state index in [0.29, 0.717) is 0 Å². The minimum atomic E-state index is 0. The van der Waals surface area contributed by atoms with Gasteiger partial charge in [0, 0.05) is 104 Å². The Labute approximate surface area is 120 Å². The zero-order chi connectivity index (χ0) is 0. The molecular weight excluding hydrogens is 445 g/mol. The van der Waals surface area contributed by atoms with Crippen LogP contribution in [-0.4, -0.2) is 19.8 Å². The fourth-order valence-corrected chi connectivity index (χ4v) is 0. The molecule has 0 aliphatic heterocycles. The molecule has 0 aromatic carbocycles. The van der Waals surface area contributed by atoms with E-state index < -0.39 is 0 Å². The summed E-state index contributed by atoms with van der Waals surface area (Å²) in [5.74, 6) is 0. The summed E-state index contributed by atoms with van der Waals surface area (Å²) in [6.07, 6.45) is 0. The van der Waals surface area contributed by atoms with Gasteiger partial charge in [0.15, 0.2) is 0 Å². The van der Waals surface area contributed by atoms with Gasteiger partial charge in [0.2, 0.25) is 0 Å². The Morgan fingerprint density at radius 2 is 1.00 bits per heavy atom. The van der Waals surface area contributed by atoms with Gasteiger partial charge in [0.1, 0.15) is 0 Å². The second kappa shape index (κ2) is 15.8. The third-order valence-corrected chi connectivity index (χ3v) is 0. The summed E-state index contributed by atoms with van der Waals surface area (Å²) < 4.78 is 0. The van der Waals surface area contributed by atoms with Gasteiger partial charge in [-0.2, -0.15) is 0 Å². The molecule has 4 heavy (non-hydrogen) atoms. The van der Waals surface area contributed by atoms with E-state index in [9.17, 15) is 0 Å². The third kappa shape index (κ3) is 9.37. The van der Waals surface area contributed by atoms with Crippen LogP contribution in [0.5, 0.6) is 0 Å². The third-order valence-electron chi connectivity index (χ3n) is 0. The van der Waals surface area contributed by atoms with Crippen LogP contribution in [0.2, 0.25) is 0 Å². The molecule has 0 atom stereocenters. The van der Waals surface area contributed by atoms with E-state index in [1.807, 2.05) is 0 Å². The van der Waals surface area contributed by atoms with Crippen molar-refractivity contribution >= 4 is 19.8 Å². The second-order valence-electron chi connectivity index (χ2n) is 0. The molecule has 0 bridgehead atoms. The average molecular weight is 448 g/mol. The molecule has 33 valence electrons. The van der Waals surface area contributed by atoms with Crippen LogP contribution >= 0.6 is 0 Å². The molecule has 4 heteroatoms. The van der Waals surface area contributed by atoms with Gasteiger partial charge in [0.05, 0.1) is 0 Å². The van der Waals surface area contributed by atoms with Crippen molar-refractivity contribution in [1.29, 1.82) is 0 Å². The summed E-state index contributed by atoms with van der Waals surface area (Å²) in [5.41, 5.74) is 0. The van der Waals surface area contributed by atoms with Crippen LogP contribution in [0.1, 0.15) is 0 Å². The van der Waals surface area contributed by atoms with Gasteiger partial charge in [-0.3, -0.25) is 0 Å². The zero-order valence-corrected chi connectivity index (χ0v) is 6.40. The van der Waals surface area contributed by atoms with Crippen LogP contribution in [0.25, 0.3) is 0 Å². The van der Waals surface area contributed by atoms with Gasteiger partial charge in [-0.15, -0.1) is 0 Å². The van der Waals surface area contributed by atoms with E-state index in [1.165, 1.54) is 0 Å². The maximum absolute atomic E-state index is 0. The molecule has 0 rings (SSSR count). The predicted molar refractivity (Wildman–Crippen MR) is 9.94 cm³/mol. The van der Waals surface area contributed by atoms with E-state index >= 15 is 0 Å². The van der Waals surface area contributed by atoms with Crippen molar-refractivity contribution in [2.45, 2.75) is 0 Å². The zero-order valence-electron chi connectivity index (χ0n) is 1.02. The van der Waals surface area contributed by atoms with Crippen LogP contribution in [0.3, 0.4) is 0 Å². The Balaban J connectivity index is 0. The van der Waals surface area contributed by atoms with Gasteiger partial charge < -0.3 is 0 Å². The van der Waals surface area contributed by atoms with E-state index in [-0.39, 0.29) is 124 Å². The van der Waals surface area contributed by atoms with Crippen LogP contribution in [0.4, 0.5) is 0 Å². The SMILES string of the molecule is [Er].[Eu].[Fe].[GaH3]. The van der Waals surface area contributed by atoms with E-state index in [1.54, 1.807) is 0 Å². The maximum atomic E-state index is 0. The topological polar surface area (TPSA) is 0 Å². The first kappa shape index (κ1) is 24.5. The van der Waals surface area contributed by atoms with Gasteiger partial charge in [-0.05, 0) is 0 Å². The van der Waals surface area contributed by atoms with E-state index in [4.69, 9.17) is 0 Å². The molecular formula is H3ErEuFeGa. The Bertz CT molecular complexity index is 8.00. The molecule has 0 saturated carbocycles. The van der Waals surface area contributed by atoms with Crippen molar-refractivity contribution in [3.05, 3.63) is 0 Å². The van der Waals surface area contributed by atoms with Crippen molar-refractivity contribution in [1.82, 2.24) is 0 Å². The fraction of sp³-hybridized carbons (Fsp3) is 0. The first-order valence-corrected chi connectivity index (χ1v) is 0.